The van der Waals surface area contributed by atoms with Crippen molar-refractivity contribution in [3.05, 3.63) is 35.6 Å². The minimum atomic E-state index is -0.355. The van der Waals surface area contributed by atoms with Crippen molar-refractivity contribution in [2.45, 2.75) is 49.2 Å². The van der Waals surface area contributed by atoms with Crippen molar-refractivity contribution in [1.29, 1.82) is 0 Å². The predicted molar refractivity (Wildman–Crippen MR) is 123 cm³/mol. The molecule has 2 aromatic rings. The van der Waals surface area contributed by atoms with E-state index >= 15 is 0 Å². The molecule has 33 heavy (non-hydrogen) atoms. The molecule has 2 aromatic heterocycles. The van der Waals surface area contributed by atoms with Gasteiger partial charge in [-0.15, -0.1) is 22.9 Å². The van der Waals surface area contributed by atoms with Crippen molar-refractivity contribution in [2.24, 2.45) is 5.92 Å². The molecule has 2 saturated heterocycles. The van der Waals surface area contributed by atoms with Crippen LogP contribution in [0.1, 0.15) is 35.4 Å². The number of hydrogen-bond donors (Lipinski definition) is 1. The van der Waals surface area contributed by atoms with Gasteiger partial charge in [0.1, 0.15) is 12.9 Å². The minimum Gasteiger partial charge on any atom is -0.367 e. The van der Waals surface area contributed by atoms with E-state index < -0.39 is 0 Å². The molecule has 1 aliphatic carbocycles. The number of ether oxygens (including phenoxy) is 1. The molecule has 5 atom stereocenters. The summed E-state index contributed by atoms with van der Waals surface area (Å²) < 4.78 is 5.61. The Hall–Kier alpha value is -2.20. The largest absolute Gasteiger partial charge is 0.367 e. The molecule has 2 unspecified atom stereocenters. The number of ketones is 2. The number of thiophene rings is 1. The standard InChI is InChI=1S/C23H25ClN4O4S/c24-14-10-28(21-18(30)11-32-22(14)21)16-4-2-1-3-13(16)17(29)9-26-23(31)20-6-5-19(33-20)15-7-8-25-12-27-15/h5-8,12-14,16,21-22H,1-4,9-11H2,(H,26,31)/t13?,14-,16?,21+,22+/m0/s1. The molecule has 1 saturated carbocycles. The summed E-state index contributed by atoms with van der Waals surface area (Å²) in [5.41, 5.74) is 0.752. The van der Waals surface area contributed by atoms with Crippen LogP contribution < -0.4 is 5.32 Å². The molecular weight excluding hydrogens is 464 g/mol. The quantitative estimate of drug-likeness (QED) is 0.622. The van der Waals surface area contributed by atoms with Gasteiger partial charge in [0, 0.05) is 24.7 Å². The zero-order valence-electron chi connectivity index (χ0n) is 18.0. The number of nitrogens with zero attached hydrogens (tertiary/aromatic N) is 3. The molecule has 174 valence electrons. The molecule has 0 aromatic carbocycles. The van der Waals surface area contributed by atoms with E-state index in [-0.39, 0.29) is 60.1 Å². The van der Waals surface area contributed by atoms with E-state index in [1.54, 1.807) is 18.3 Å². The topological polar surface area (TPSA) is 101 Å². The highest BCUT2D eigenvalue weighted by Crippen LogP contribution is 2.38. The predicted octanol–water partition coefficient (Wildman–Crippen LogP) is 2.32. The number of hydrogen-bond acceptors (Lipinski definition) is 8. The van der Waals surface area contributed by atoms with Gasteiger partial charge in [-0.3, -0.25) is 19.3 Å². The Morgan fingerprint density at radius 2 is 2.09 bits per heavy atom. The number of nitrogens with one attached hydrogen (secondary N) is 1. The fraction of sp³-hybridized carbons (Fsp3) is 0.522. The molecule has 4 heterocycles. The molecule has 8 nitrogen and oxygen atoms in total. The summed E-state index contributed by atoms with van der Waals surface area (Å²) in [6, 6.07) is 4.97. The third-order valence-corrected chi connectivity index (χ3v) is 8.31. The summed E-state index contributed by atoms with van der Waals surface area (Å²) >= 11 is 7.79. The first kappa shape index (κ1) is 22.6. The normalized spacial score (nSPS) is 29.7. The van der Waals surface area contributed by atoms with Gasteiger partial charge in [-0.25, -0.2) is 9.97 Å². The van der Waals surface area contributed by atoms with Crippen molar-refractivity contribution in [3.8, 4) is 10.6 Å². The summed E-state index contributed by atoms with van der Waals surface area (Å²) in [4.78, 5) is 49.9. The molecule has 3 aliphatic rings. The van der Waals surface area contributed by atoms with E-state index in [9.17, 15) is 14.4 Å². The molecule has 5 rings (SSSR count). The summed E-state index contributed by atoms with van der Waals surface area (Å²) in [6.07, 6.45) is 6.40. The second kappa shape index (κ2) is 9.58. The molecule has 1 amide bonds. The maximum atomic E-state index is 13.2. The summed E-state index contributed by atoms with van der Waals surface area (Å²) in [6.45, 7) is 0.607. The van der Waals surface area contributed by atoms with E-state index in [1.807, 2.05) is 6.07 Å². The lowest BCUT2D eigenvalue weighted by Crippen LogP contribution is -2.52. The average Bonchev–Trinajstić information content (AvgIpc) is 3.56. The van der Waals surface area contributed by atoms with Crippen LogP contribution in [0.25, 0.3) is 10.6 Å². The third-order valence-electron chi connectivity index (χ3n) is 6.81. The number of likely N-dealkylation sites (tertiary alicyclic amines) is 1. The average molecular weight is 489 g/mol. The van der Waals surface area contributed by atoms with Crippen LogP contribution in [0.5, 0.6) is 0 Å². The van der Waals surface area contributed by atoms with Crippen molar-refractivity contribution in [2.75, 3.05) is 19.7 Å². The number of carbonyl (C=O) groups excluding carboxylic acids is 3. The maximum Gasteiger partial charge on any atom is 0.261 e. The second-order valence-electron chi connectivity index (χ2n) is 8.77. The van der Waals surface area contributed by atoms with Gasteiger partial charge < -0.3 is 10.1 Å². The van der Waals surface area contributed by atoms with Crippen molar-refractivity contribution in [1.82, 2.24) is 20.2 Å². The Morgan fingerprint density at radius 1 is 1.24 bits per heavy atom. The molecule has 0 bridgehead atoms. The van der Waals surface area contributed by atoms with Crippen LogP contribution in [0.15, 0.2) is 30.7 Å². The van der Waals surface area contributed by atoms with E-state index in [4.69, 9.17) is 16.3 Å². The summed E-state index contributed by atoms with van der Waals surface area (Å²) in [7, 11) is 0. The van der Waals surface area contributed by atoms with Crippen LogP contribution in [-0.4, -0.2) is 75.6 Å². The maximum absolute atomic E-state index is 13.2. The number of carbonyl (C=O) groups is 3. The second-order valence-corrected chi connectivity index (χ2v) is 10.4. The molecule has 3 fully saturated rings. The van der Waals surface area contributed by atoms with Gasteiger partial charge in [-0.1, -0.05) is 12.8 Å². The zero-order chi connectivity index (χ0) is 22.9. The highest BCUT2D eigenvalue weighted by atomic mass is 35.5. The Balaban J connectivity index is 1.23. The summed E-state index contributed by atoms with van der Waals surface area (Å²) in [5, 5.41) is 2.54. The number of aromatic nitrogens is 2. The van der Waals surface area contributed by atoms with Gasteiger partial charge in [0.2, 0.25) is 0 Å². The number of fused-ring (bicyclic) bond motifs is 1. The van der Waals surface area contributed by atoms with Crippen LogP contribution in [-0.2, 0) is 14.3 Å². The Bertz CT molecular complexity index is 1050. The van der Waals surface area contributed by atoms with Crippen LogP contribution >= 0.6 is 22.9 Å². The number of halogens is 1. The van der Waals surface area contributed by atoms with Crippen molar-refractivity contribution >= 4 is 40.4 Å². The fourth-order valence-electron chi connectivity index (χ4n) is 5.28. The molecule has 1 N–H and O–H groups in total. The highest BCUT2D eigenvalue weighted by molar-refractivity contribution is 7.17. The zero-order valence-corrected chi connectivity index (χ0v) is 19.6. The van der Waals surface area contributed by atoms with Crippen LogP contribution in [0, 0.1) is 5.92 Å². The Kier molecular flexibility index (Phi) is 6.56. The molecule has 0 spiro atoms. The Morgan fingerprint density at radius 3 is 2.91 bits per heavy atom. The molecule has 10 heteroatoms. The van der Waals surface area contributed by atoms with Crippen LogP contribution in [0.4, 0.5) is 0 Å². The molecule has 2 aliphatic heterocycles. The molecular formula is C23H25ClN4O4S. The monoisotopic (exact) mass is 488 g/mol. The number of amides is 1. The number of rotatable bonds is 6. The lowest BCUT2D eigenvalue weighted by molar-refractivity contribution is -0.128. The fourth-order valence-corrected chi connectivity index (χ4v) is 6.55. The molecule has 0 radical (unpaired) electrons. The van der Waals surface area contributed by atoms with E-state index in [1.165, 1.54) is 17.7 Å². The minimum absolute atomic E-state index is 0.00145. The van der Waals surface area contributed by atoms with E-state index in [0.717, 1.165) is 36.3 Å². The van der Waals surface area contributed by atoms with E-state index in [2.05, 4.69) is 20.2 Å². The Labute approximate surface area is 200 Å². The lowest BCUT2D eigenvalue weighted by atomic mass is 9.80. The first-order chi connectivity index (χ1) is 16.0. The highest BCUT2D eigenvalue weighted by Gasteiger charge is 2.53. The number of Topliss-reactive ketones (excluding diaryl/α,β-unsaturated/α-hetero) is 2. The van der Waals surface area contributed by atoms with Gasteiger partial charge in [0.25, 0.3) is 5.91 Å². The van der Waals surface area contributed by atoms with E-state index in [0.29, 0.717) is 11.4 Å². The van der Waals surface area contributed by atoms with Crippen LogP contribution in [0.3, 0.4) is 0 Å². The smallest absolute Gasteiger partial charge is 0.261 e. The van der Waals surface area contributed by atoms with Gasteiger partial charge in [0.15, 0.2) is 11.6 Å². The first-order valence-electron chi connectivity index (χ1n) is 11.2. The SMILES string of the molecule is O=C(NCC(=O)C1CCCCC1N1C[C@H](Cl)[C@H]2OCC(=O)[C@H]21)c1ccc(-c2ccncn2)s1. The number of alkyl halides is 1. The lowest BCUT2D eigenvalue weighted by Gasteiger charge is -2.39. The van der Waals surface area contributed by atoms with Crippen molar-refractivity contribution in [3.63, 3.8) is 0 Å². The van der Waals surface area contributed by atoms with Gasteiger partial charge >= 0.3 is 0 Å². The summed E-state index contributed by atoms with van der Waals surface area (Å²) in [5.74, 6) is -0.454. The first-order valence-corrected chi connectivity index (χ1v) is 12.5. The van der Waals surface area contributed by atoms with Crippen LogP contribution in [0.2, 0.25) is 0 Å². The van der Waals surface area contributed by atoms with Gasteiger partial charge in [0.05, 0.1) is 39.5 Å². The van der Waals surface area contributed by atoms with Gasteiger partial charge in [-0.05, 0) is 31.0 Å². The third kappa shape index (κ3) is 4.47. The van der Waals surface area contributed by atoms with Crippen molar-refractivity contribution < 1.29 is 19.1 Å². The van der Waals surface area contributed by atoms with Gasteiger partial charge in [-0.2, -0.15) is 0 Å².